The summed E-state index contributed by atoms with van der Waals surface area (Å²) >= 11 is 1.47. The standard InChI is InChI=1S/C19H26N2O5S/c1-4-26-10-9-20(11-14(2)19(24)25-3)17(22)12-21-15-7-5-6-8-16(15)27-13-18(21)23/h5-8,14H,4,9-13H2,1-3H3/t14-/m1/s1. The van der Waals surface area contributed by atoms with Crippen LogP contribution in [-0.2, 0) is 23.9 Å². The van der Waals surface area contributed by atoms with Crippen molar-refractivity contribution in [2.45, 2.75) is 18.7 Å². The highest BCUT2D eigenvalue weighted by Crippen LogP contribution is 2.34. The minimum Gasteiger partial charge on any atom is -0.469 e. The van der Waals surface area contributed by atoms with Gasteiger partial charge in [-0.2, -0.15) is 0 Å². The van der Waals surface area contributed by atoms with E-state index in [1.807, 2.05) is 31.2 Å². The Hall–Kier alpha value is -2.06. The van der Waals surface area contributed by atoms with Crippen LogP contribution < -0.4 is 4.90 Å². The average molecular weight is 394 g/mol. The number of para-hydroxylation sites is 1. The van der Waals surface area contributed by atoms with Crippen LogP contribution in [0.2, 0.25) is 0 Å². The predicted molar refractivity (Wildman–Crippen MR) is 104 cm³/mol. The average Bonchev–Trinajstić information content (AvgIpc) is 2.68. The quantitative estimate of drug-likeness (QED) is 0.470. The smallest absolute Gasteiger partial charge is 0.310 e. The molecule has 2 rings (SSSR count). The van der Waals surface area contributed by atoms with Crippen LogP contribution in [-0.4, -0.2) is 68.4 Å². The van der Waals surface area contributed by atoms with E-state index in [2.05, 4.69) is 0 Å². The second-order valence-electron chi connectivity index (χ2n) is 6.20. The number of hydrogen-bond donors (Lipinski definition) is 0. The van der Waals surface area contributed by atoms with E-state index in [1.54, 1.807) is 11.8 Å². The van der Waals surface area contributed by atoms with Crippen LogP contribution in [0.25, 0.3) is 0 Å². The summed E-state index contributed by atoms with van der Waals surface area (Å²) in [5, 5.41) is 0. The SMILES string of the molecule is CCOCCN(C[C@@H](C)C(=O)OC)C(=O)CN1C(=O)CSc2ccccc21. The van der Waals surface area contributed by atoms with Gasteiger partial charge in [-0.25, -0.2) is 0 Å². The number of ether oxygens (including phenoxy) is 2. The van der Waals surface area contributed by atoms with Gasteiger partial charge in [0, 0.05) is 24.6 Å². The second kappa shape index (κ2) is 10.3. The number of anilines is 1. The van der Waals surface area contributed by atoms with Gasteiger partial charge in [0.25, 0.3) is 0 Å². The molecule has 8 heteroatoms. The Bertz CT molecular complexity index is 682. The summed E-state index contributed by atoms with van der Waals surface area (Å²) in [5.74, 6) is -0.847. The predicted octanol–water partition coefficient (Wildman–Crippen LogP) is 1.80. The zero-order chi connectivity index (χ0) is 19.8. The molecule has 0 radical (unpaired) electrons. The van der Waals surface area contributed by atoms with E-state index in [9.17, 15) is 14.4 Å². The highest BCUT2D eigenvalue weighted by atomic mass is 32.2. The van der Waals surface area contributed by atoms with Crippen LogP contribution >= 0.6 is 11.8 Å². The Balaban J connectivity index is 2.12. The first-order valence-corrected chi connectivity index (χ1v) is 9.92. The van der Waals surface area contributed by atoms with Gasteiger partial charge in [-0.3, -0.25) is 14.4 Å². The number of thioether (sulfide) groups is 1. The van der Waals surface area contributed by atoms with Crippen molar-refractivity contribution in [3.8, 4) is 0 Å². The number of hydrogen-bond acceptors (Lipinski definition) is 6. The van der Waals surface area contributed by atoms with E-state index in [1.165, 1.54) is 23.8 Å². The van der Waals surface area contributed by atoms with Crippen molar-refractivity contribution in [1.29, 1.82) is 0 Å². The summed E-state index contributed by atoms with van der Waals surface area (Å²) in [6.45, 7) is 5.02. The molecule has 0 unspecified atom stereocenters. The Morgan fingerprint density at radius 1 is 1.33 bits per heavy atom. The maximum absolute atomic E-state index is 12.9. The van der Waals surface area contributed by atoms with E-state index in [0.717, 1.165) is 10.6 Å². The monoisotopic (exact) mass is 394 g/mol. The lowest BCUT2D eigenvalue weighted by atomic mass is 10.1. The molecule has 1 aromatic carbocycles. The van der Waals surface area contributed by atoms with Crippen molar-refractivity contribution in [3.05, 3.63) is 24.3 Å². The molecule has 0 saturated heterocycles. The molecule has 0 fully saturated rings. The van der Waals surface area contributed by atoms with Gasteiger partial charge in [0.05, 0.1) is 31.1 Å². The molecular formula is C19H26N2O5S. The fourth-order valence-electron chi connectivity index (χ4n) is 2.81. The van der Waals surface area contributed by atoms with Gasteiger partial charge in [-0.05, 0) is 19.1 Å². The number of amides is 2. The third kappa shape index (κ3) is 5.71. The van der Waals surface area contributed by atoms with E-state index >= 15 is 0 Å². The van der Waals surface area contributed by atoms with E-state index < -0.39 is 5.92 Å². The van der Waals surface area contributed by atoms with E-state index in [-0.39, 0.29) is 30.9 Å². The lowest BCUT2D eigenvalue weighted by molar-refractivity contribution is -0.146. The Kier molecular flexibility index (Phi) is 8.12. The molecule has 148 valence electrons. The summed E-state index contributed by atoms with van der Waals surface area (Å²) in [7, 11) is 1.33. The van der Waals surface area contributed by atoms with Gasteiger partial charge < -0.3 is 19.3 Å². The summed E-state index contributed by atoms with van der Waals surface area (Å²) in [6, 6.07) is 7.54. The normalized spacial score (nSPS) is 14.5. The van der Waals surface area contributed by atoms with Crippen molar-refractivity contribution in [2.24, 2.45) is 5.92 Å². The molecule has 0 bridgehead atoms. The van der Waals surface area contributed by atoms with Crippen LogP contribution in [0.15, 0.2) is 29.2 Å². The zero-order valence-electron chi connectivity index (χ0n) is 16.0. The number of carbonyl (C=O) groups excluding carboxylic acids is 3. The molecule has 7 nitrogen and oxygen atoms in total. The summed E-state index contributed by atoms with van der Waals surface area (Å²) in [4.78, 5) is 41.1. The number of carbonyl (C=O) groups is 3. The van der Waals surface area contributed by atoms with Crippen LogP contribution in [0.5, 0.6) is 0 Å². The molecule has 2 amide bonds. The van der Waals surface area contributed by atoms with Crippen molar-refractivity contribution < 1.29 is 23.9 Å². The van der Waals surface area contributed by atoms with Crippen molar-refractivity contribution >= 4 is 35.2 Å². The van der Waals surface area contributed by atoms with E-state index in [0.29, 0.717) is 25.5 Å². The minimum absolute atomic E-state index is 0.0591. The Morgan fingerprint density at radius 2 is 2.07 bits per heavy atom. The van der Waals surface area contributed by atoms with Crippen molar-refractivity contribution in [2.75, 3.05) is 50.6 Å². The van der Waals surface area contributed by atoms with Crippen LogP contribution in [0.4, 0.5) is 5.69 Å². The molecule has 1 atom stereocenters. The highest BCUT2D eigenvalue weighted by Gasteiger charge is 2.29. The Morgan fingerprint density at radius 3 is 2.78 bits per heavy atom. The van der Waals surface area contributed by atoms with E-state index in [4.69, 9.17) is 9.47 Å². The molecule has 1 aliphatic rings. The fourth-order valence-corrected chi connectivity index (χ4v) is 3.74. The maximum atomic E-state index is 12.9. The zero-order valence-corrected chi connectivity index (χ0v) is 16.8. The highest BCUT2D eigenvalue weighted by molar-refractivity contribution is 8.00. The second-order valence-corrected chi connectivity index (χ2v) is 7.21. The number of rotatable bonds is 9. The van der Waals surface area contributed by atoms with Gasteiger partial charge >= 0.3 is 5.97 Å². The molecule has 1 aromatic rings. The maximum Gasteiger partial charge on any atom is 0.310 e. The third-order valence-electron chi connectivity index (χ3n) is 4.26. The molecule has 0 spiro atoms. The topological polar surface area (TPSA) is 76.2 Å². The molecule has 1 heterocycles. The number of methoxy groups -OCH3 is 1. The molecule has 0 N–H and O–H groups in total. The van der Waals surface area contributed by atoms with Crippen LogP contribution in [0.3, 0.4) is 0 Å². The number of esters is 1. The molecule has 0 aliphatic carbocycles. The summed E-state index contributed by atoms with van der Waals surface area (Å²) in [6.07, 6.45) is 0. The van der Waals surface area contributed by atoms with Gasteiger partial charge in [0.2, 0.25) is 11.8 Å². The summed E-state index contributed by atoms with van der Waals surface area (Å²) in [5.41, 5.74) is 0.748. The van der Waals surface area contributed by atoms with Gasteiger partial charge in [-0.15, -0.1) is 11.8 Å². The largest absolute Gasteiger partial charge is 0.469 e. The first kappa shape index (κ1) is 21.2. The molecule has 1 aliphatic heterocycles. The molecule has 0 aromatic heterocycles. The number of fused-ring (bicyclic) bond motifs is 1. The van der Waals surface area contributed by atoms with Gasteiger partial charge in [-0.1, -0.05) is 19.1 Å². The Labute approximate surface area is 164 Å². The lowest BCUT2D eigenvalue weighted by Crippen LogP contribution is -2.47. The van der Waals surface area contributed by atoms with Crippen molar-refractivity contribution in [1.82, 2.24) is 4.90 Å². The third-order valence-corrected chi connectivity index (χ3v) is 5.31. The van der Waals surface area contributed by atoms with Gasteiger partial charge in [0.15, 0.2) is 0 Å². The minimum atomic E-state index is -0.458. The molecule has 0 saturated carbocycles. The molecular weight excluding hydrogens is 368 g/mol. The van der Waals surface area contributed by atoms with Crippen LogP contribution in [0.1, 0.15) is 13.8 Å². The lowest BCUT2D eigenvalue weighted by Gasteiger charge is -2.31. The number of benzene rings is 1. The fraction of sp³-hybridized carbons (Fsp3) is 0.526. The van der Waals surface area contributed by atoms with Crippen LogP contribution in [0, 0.1) is 5.92 Å². The summed E-state index contributed by atoms with van der Waals surface area (Å²) < 4.78 is 10.1. The van der Waals surface area contributed by atoms with Crippen molar-refractivity contribution in [3.63, 3.8) is 0 Å². The first-order chi connectivity index (χ1) is 13.0. The number of nitrogens with zero attached hydrogens (tertiary/aromatic N) is 2. The first-order valence-electron chi connectivity index (χ1n) is 8.93. The molecule has 27 heavy (non-hydrogen) atoms. The van der Waals surface area contributed by atoms with Gasteiger partial charge in [0.1, 0.15) is 6.54 Å².